The fourth-order valence-electron chi connectivity index (χ4n) is 1.96. The highest BCUT2D eigenvalue weighted by molar-refractivity contribution is 5.96. The van der Waals surface area contributed by atoms with Crippen LogP contribution in [0.2, 0.25) is 0 Å². The topological polar surface area (TPSA) is 40.5 Å². The number of Topliss-reactive ketones (excluding diaryl/α,β-unsaturated/α-hetero) is 1. The molecule has 0 aromatic heterocycles. The van der Waals surface area contributed by atoms with E-state index in [0.29, 0.717) is 25.1 Å². The fraction of sp³-hybridized carbons (Fsp3) is 0.533. The van der Waals surface area contributed by atoms with Gasteiger partial charge in [0.1, 0.15) is 5.82 Å². The Morgan fingerprint density at radius 2 is 2.11 bits per heavy atom. The van der Waals surface area contributed by atoms with Crippen molar-refractivity contribution in [2.45, 2.75) is 32.8 Å². The van der Waals surface area contributed by atoms with Gasteiger partial charge in [0, 0.05) is 25.1 Å². The van der Waals surface area contributed by atoms with E-state index in [2.05, 4.69) is 0 Å². The third-order valence-electron chi connectivity index (χ3n) is 2.86. The van der Waals surface area contributed by atoms with E-state index >= 15 is 0 Å². The van der Waals surface area contributed by atoms with Gasteiger partial charge in [-0.25, -0.2) is 4.39 Å². The number of halogens is 1. The Morgan fingerprint density at radius 3 is 2.63 bits per heavy atom. The average Bonchev–Trinajstić information content (AvgIpc) is 2.32. The molecular weight excluding hydrogens is 245 g/mol. The van der Waals surface area contributed by atoms with Crippen LogP contribution in [-0.2, 0) is 0 Å². The summed E-state index contributed by atoms with van der Waals surface area (Å²) in [6, 6.07) is 5.74. The Hall–Kier alpha value is -1.26. The van der Waals surface area contributed by atoms with E-state index in [1.807, 2.05) is 11.8 Å². The molecule has 0 heterocycles. The number of nitrogens with zero attached hydrogens (tertiary/aromatic N) is 1. The molecule has 19 heavy (non-hydrogen) atoms. The molecule has 0 radical (unpaired) electrons. The highest BCUT2D eigenvalue weighted by Crippen LogP contribution is 2.09. The number of hydrogen-bond donors (Lipinski definition) is 1. The predicted octanol–water partition coefficient (Wildman–Crippen LogP) is 2.49. The molecule has 0 atom stereocenters. The van der Waals surface area contributed by atoms with E-state index in [9.17, 15) is 14.3 Å². The van der Waals surface area contributed by atoms with Gasteiger partial charge in [-0.1, -0.05) is 19.1 Å². The Bertz CT molecular complexity index is 426. The van der Waals surface area contributed by atoms with Crippen molar-refractivity contribution in [3.05, 3.63) is 35.6 Å². The molecule has 0 fully saturated rings. The molecule has 1 aromatic carbocycles. The minimum absolute atomic E-state index is 0.0753. The molecule has 1 aromatic rings. The lowest BCUT2D eigenvalue weighted by molar-refractivity contribution is 0.0371. The van der Waals surface area contributed by atoms with Gasteiger partial charge in [-0.2, -0.15) is 0 Å². The minimum atomic E-state index is -0.780. The number of aliphatic hydroxyl groups is 1. The summed E-state index contributed by atoms with van der Waals surface area (Å²) >= 11 is 0. The highest BCUT2D eigenvalue weighted by Gasteiger charge is 2.18. The van der Waals surface area contributed by atoms with Crippen molar-refractivity contribution >= 4 is 5.78 Å². The zero-order valence-corrected chi connectivity index (χ0v) is 11.8. The number of carbonyl (C=O) groups excluding carboxylic acids is 1. The van der Waals surface area contributed by atoms with Crippen molar-refractivity contribution in [1.29, 1.82) is 0 Å². The quantitative estimate of drug-likeness (QED) is 0.772. The lowest BCUT2D eigenvalue weighted by atomic mass is 10.1. The summed E-state index contributed by atoms with van der Waals surface area (Å²) in [5, 5.41) is 9.76. The van der Waals surface area contributed by atoms with Crippen molar-refractivity contribution in [2.24, 2.45) is 0 Å². The molecule has 106 valence electrons. The molecule has 0 amide bonds. The summed E-state index contributed by atoms with van der Waals surface area (Å²) < 4.78 is 13.0. The van der Waals surface area contributed by atoms with Crippen LogP contribution in [0.5, 0.6) is 0 Å². The van der Waals surface area contributed by atoms with Gasteiger partial charge in [0.15, 0.2) is 5.78 Å². The van der Waals surface area contributed by atoms with Gasteiger partial charge in [0.05, 0.1) is 5.60 Å². The maximum absolute atomic E-state index is 13.0. The van der Waals surface area contributed by atoms with Crippen molar-refractivity contribution in [1.82, 2.24) is 4.90 Å². The van der Waals surface area contributed by atoms with Crippen LogP contribution in [0.3, 0.4) is 0 Å². The number of hydrogen-bond acceptors (Lipinski definition) is 3. The summed E-state index contributed by atoms with van der Waals surface area (Å²) in [7, 11) is 0. The van der Waals surface area contributed by atoms with Crippen molar-refractivity contribution in [2.75, 3.05) is 19.6 Å². The molecule has 0 spiro atoms. The zero-order valence-electron chi connectivity index (χ0n) is 11.8. The number of likely N-dealkylation sites (N-methyl/N-ethyl adjacent to an activating group) is 1. The van der Waals surface area contributed by atoms with E-state index in [-0.39, 0.29) is 5.78 Å². The largest absolute Gasteiger partial charge is 0.389 e. The second-order valence-electron chi connectivity index (χ2n) is 5.36. The molecule has 0 saturated carbocycles. The zero-order chi connectivity index (χ0) is 14.5. The minimum Gasteiger partial charge on any atom is -0.389 e. The van der Waals surface area contributed by atoms with Gasteiger partial charge in [-0.05, 0) is 32.5 Å². The Balaban J connectivity index is 2.53. The third-order valence-corrected chi connectivity index (χ3v) is 2.86. The summed E-state index contributed by atoms with van der Waals surface area (Å²) in [4.78, 5) is 13.9. The highest BCUT2D eigenvalue weighted by atomic mass is 19.1. The van der Waals surface area contributed by atoms with E-state index in [0.717, 1.165) is 6.54 Å². The Labute approximate surface area is 114 Å². The van der Waals surface area contributed by atoms with E-state index in [4.69, 9.17) is 0 Å². The third kappa shape index (κ3) is 5.94. The molecule has 1 N–H and O–H groups in total. The number of carbonyl (C=O) groups is 1. The van der Waals surface area contributed by atoms with Crippen LogP contribution in [-0.4, -0.2) is 41.0 Å². The van der Waals surface area contributed by atoms with Crippen LogP contribution in [0.25, 0.3) is 0 Å². The smallest absolute Gasteiger partial charge is 0.164 e. The maximum atomic E-state index is 13.0. The van der Waals surface area contributed by atoms with E-state index in [1.165, 1.54) is 18.2 Å². The molecule has 3 nitrogen and oxygen atoms in total. The average molecular weight is 267 g/mol. The molecule has 0 aliphatic carbocycles. The first-order chi connectivity index (χ1) is 8.81. The fourth-order valence-corrected chi connectivity index (χ4v) is 1.96. The second-order valence-corrected chi connectivity index (χ2v) is 5.36. The lowest BCUT2D eigenvalue weighted by Crippen LogP contribution is -2.39. The summed E-state index contributed by atoms with van der Waals surface area (Å²) in [6.07, 6.45) is 0.327. The SMILES string of the molecule is CCN(CCC(=O)c1cccc(F)c1)CC(C)(C)O. The first-order valence-corrected chi connectivity index (χ1v) is 6.55. The molecule has 0 aliphatic heterocycles. The Kier molecular flexibility index (Phi) is 5.63. The monoisotopic (exact) mass is 267 g/mol. The molecule has 0 unspecified atom stereocenters. The van der Waals surface area contributed by atoms with Gasteiger partial charge in [-0.3, -0.25) is 4.79 Å². The summed E-state index contributed by atoms with van der Waals surface area (Å²) in [5.74, 6) is -0.469. The van der Waals surface area contributed by atoms with Crippen molar-refractivity contribution in [3.63, 3.8) is 0 Å². The van der Waals surface area contributed by atoms with Crippen LogP contribution in [0.15, 0.2) is 24.3 Å². The second kappa shape index (κ2) is 6.78. The Morgan fingerprint density at radius 1 is 1.42 bits per heavy atom. The van der Waals surface area contributed by atoms with Crippen LogP contribution in [0.1, 0.15) is 37.6 Å². The van der Waals surface area contributed by atoms with Gasteiger partial charge < -0.3 is 10.0 Å². The van der Waals surface area contributed by atoms with Crippen LogP contribution >= 0.6 is 0 Å². The molecular formula is C15H22FNO2. The summed E-state index contributed by atoms with van der Waals surface area (Å²) in [6.45, 7) is 7.31. The van der Waals surface area contributed by atoms with E-state index in [1.54, 1.807) is 19.9 Å². The van der Waals surface area contributed by atoms with Crippen LogP contribution in [0.4, 0.5) is 4.39 Å². The standard InChI is InChI=1S/C15H22FNO2/c1-4-17(11-15(2,3)19)9-8-14(18)12-6-5-7-13(16)10-12/h5-7,10,19H,4,8-9,11H2,1-3H3. The van der Waals surface area contributed by atoms with E-state index < -0.39 is 11.4 Å². The maximum Gasteiger partial charge on any atom is 0.164 e. The number of rotatable bonds is 7. The normalized spacial score (nSPS) is 11.9. The molecule has 0 saturated heterocycles. The van der Waals surface area contributed by atoms with Crippen molar-refractivity contribution in [3.8, 4) is 0 Å². The van der Waals surface area contributed by atoms with Crippen LogP contribution < -0.4 is 0 Å². The predicted molar refractivity (Wildman–Crippen MR) is 73.8 cm³/mol. The van der Waals surface area contributed by atoms with Gasteiger partial charge in [-0.15, -0.1) is 0 Å². The molecule has 0 bridgehead atoms. The molecule has 1 rings (SSSR count). The molecule has 4 heteroatoms. The number of ketones is 1. The van der Waals surface area contributed by atoms with Gasteiger partial charge in [0.2, 0.25) is 0 Å². The summed E-state index contributed by atoms with van der Waals surface area (Å²) in [5.41, 5.74) is -0.378. The number of benzene rings is 1. The van der Waals surface area contributed by atoms with Crippen LogP contribution in [0, 0.1) is 5.82 Å². The first-order valence-electron chi connectivity index (χ1n) is 6.55. The first kappa shape index (κ1) is 15.8. The van der Waals surface area contributed by atoms with Gasteiger partial charge >= 0.3 is 0 Å². The lowest BCUT2D eigenvalue weighted by Gasteiger charge is -2.27. The molecule has 0 aliphatic rings. The van der Waals surface area contributed by atoms with Gasteiger partial charge in [0.25, 0.3) is 0 Å². The van der Waals surface area contributed by atoms with Crippen molar-refractivity contribution < 1.29 is 14.3 Å².